The van der Waals surface area contributed by atoms with Crippen LogP contribution in [0.3, 0.4) is 0 Å². The first kappa shape index (κ1) is 22.1. The molecule has 1 saturated heterocycles. The van der Waals surface area contributed by atoms with E-state index in [2.05, 4.69) is 4.98 Å². The largest absolute Gasteiger partial charge is 0.490 e. The van der Waals surface area contributed by atoms with Crippen molar-refractivity contribution in [1.82, 2.24) is 9.29 Å². The van der Waals surface area contributed by atoms with Crippen LogP contribution in [0.4, 0.5) is 4.39 Å². The lowest BCUT2D eigenvalue weighted by molar-refractivity contribution is -0.00350. The van der Waals surface area contributed by atoms with Gasteiger partial charge in [0, 0.05) is 36.3 Å². The van der Waals surface area contributed by atoms with E-state index in [1.54, 1.807) is 28.6 Å². The average molecular weight is 475 g/mol. The van der Waals surface area contributed by atoms with Gasteiger partial charge in [-0.3, -0.25) is 0 Å². The Morgan fingerprint density at radius 1 is 1.33 bits per heavy atom. The minimum Gasteiger partial charge on any atom is -0.490 e. The van der Waals surface area contributed by atoms with Crippen LogP contribution in [-0.4, -0.2) is 55.3 Å². The van der Waals surface area contributed by atoms with Gasteiger partial charge < -0.3 is 15.2 Å². The van der Waals surface area contributed by atoms with Gasteiger partial charge in [-0.2, -0.15) is 4.39 Å². The van der Waals surface area contributed by atoms with Gasteiger partial charge in [-0.1, -0.05) is 19.9 Å². The van der Waals surface area contributed by atoms with Gasteiger partial charge in [0.25, 0.3) is 6.02 Å². The first-order chi connectivity index (χ1) is 15.7. The topological polar surface area (TPSA) is 107 Å². The molecule has 0 unspecified atom stereocenters. The summed E-state index contributed by atoms with van der Waals surface area (Å²) in [4.78, 5) is 8.45. The van der Waals surface area contributed by atoms with Crippen molar-refractivity contribution >= 4 is 16.0 Å². The van der Waals surface area contributed by atoms with E-state index >= 15 is 0 Å². The highest BCUT2D eigenvalue weighted by molar-refractivity contribution is 7.89. The number of hydrogen-bond donors (Lipinski definition) is 1. The molecule has 0 saturated carbocycles. The first-order valence-electron chi connectivity index (χ1n) is 11.1. The van der Waals surface area contributed by atoms with Crippen LogP contribution in [0.15, 0.2) is 41.5 Å². The second kappa shape index (κ2) is 7.95. The Labute approximate surface area is 192 Å². The SMILES string of the molecule is CC(C)CS(=O)(=O)N1CC[C@@H]2Oc3ccc(-c4cccnc4F)cc3[C@@]3(COC(N)=N3)[C@H]2C1. The molecule has 3 aliphatic rings. The molecule has 1 aromatic carbocycles. The zero-order chi connectivity index (χ0) is 23.4. The molecule has 2 aromatic rings. The normalized spacial score (nSPS) is 27.0. The Morgan fingerprint density at radius 2 is 2.15 bits per heavy atom. The molecule has 1 aromatic heterocycles. The molecule has 3 atom stereocenters. The third-order valence-electron chi connectivity index (χ3n) is 6.61. The fraction of sp³-hybridized carbons (Fsp3) is 0.478. The number of pyridine rings is 1. The van der Waals surface area contributed by atoms with Crippen molar-refractivity contribution in [1.29, 1.82) is 0 Å². The third kappa shape index (κ3) is 3.74. The van der Waals surface area contributed by atoms with Crippen molar-refractivity contribution in [2.75, 3.05) is 25.4 Å². The van der Waals surface area contributed by atoms with Crippen LogP contribution in [0.25, 0.3) is 11.1 Å². The number of nitrogens with two attached hydrogens (primary N) is 1. The zero-order valence-corrected chi connectivity index (χ0v) is 19.4. The van der Waals surface area contributed by atoms with Crippen molar-refractivity contribution in [3.8, 4) is 16.9 Å². The smallest absolute Gasteiger partial charge is 0.283 e. The zero-order valence-electron chi connectivity index (χ0n) is 18.6. The number of nitrogens with zero attached hydrogens (tertiary/aromatic N) is 3. The maximum atomic E-state index is 14.4. The van der Waals surface area contributed by atoms with Crippen molar-refractivity contribution in [3.63, 3.8) is 0 Å². The third-order valence-corrected chi connectivity index (χ3v) is 8.81. The number of benzene rings is 1. The molecule has 3 aliphatic heterocycles. The van der Waals surface area contributed by atoms with Gasteiger partial charge in [-0.15, -0.1) is 0 Å². The highest BCUT2D eigenvalue weighted by atomic mass is 32.2. The number of fused-ring (bicyclic) bond motifs is 4. The molecular weight excluding hydrogens is 447 g/mol. The van der Waals surface area contributed by atoms with E-state index in [0.717, 1.165) is 0 Å². The summed E-state index contributed by atoms with van der Waals surface area (Å²) in [6, 6.07) is 8.82. The van der Waals surface area contributed by atoms with Crippen molar-refractivity contribution in [3.05, 3.63) is 48.0 Å². The van der Waals surface area contributed by atoms with Crippen LogP contribution >= 0.6 is 0 Å². The van der Waals surface area contributed by atoms with Crippen LogP contribution in [0.1, 0.15) is 25.8 Å². The van der Waals surface area contributed by atoms with Gasteiger partial charge in [0.05, 0.1) is 5.75 Å². The second-order valence-electron chi connectivity index (χ2n) is 9.30. The molecule has 5 rings (SSSR count). The van der Waals surface area contributed by atoms with Crippen molar-refractivity contribution < 1.29 is 22.3 Å². The number of aromatic nitrogens is 1. The Kier molecular flexibility index (Phi) is 5.32. The summed E-state index contributed by atoms with van der Waals surface area (Å²) in [5, 5.41) is 0. The van der Waals surface area contributed by atoms with Crippen LogP contribution in [0.2, 0.25) is 0 Å². The van der Waals surface area contributed by atoms with E-state index in [1.807, 2.05) is 19.9 Å². The number of halogens is 1. The summed E-state index contributed by atoms with van der Waals surface area (Å²) in [6.07, 6.45) is 1.70. The molecule has 176 valence electrons. The average Bonchev–Trinajstić information content (AvgIpc) is 3.15. The van der Waals surface area contributed by atoms with Crippen molar-refractivity contribution in [2.24, 2.45) is 22.6 Å². The minimum absolute atomic E-state index is 0.0189. The van der Waals surface area contributed by atoms with Crippen LogP contribution < -0.4 is 10.5 Å². The number of sulfonamides is 1. The minimum atomic E-state index is -3.43. The molecule has 1 fully saturated rings. The quantitative estimate of drug-likeness (QED) is 0.683. The highest BCUT2D eigenvalue weighted by Gasteiger charge is 2.56. The van der Waals surface area contributed by atoms with Gasteiger partial charge in [0.15, 0.2) is 0 Å². The van der Waals surface area contributed by atoms with Crippen LogP contribution in [0, 0.1) is 17.8 Å². The first-order valence-corrected chi connectivity index (χ1v) is 12.7. The van der Waals surface area contributed by atoms with E-state index in [0.29, 0.717) is 35.4 Å². The van der Waals surface area contributed by atoms with E-state index in [9.17, 15) is 12.8 Å². The molecule has 0 bridgehead atoms. The Bertz CT molecular complexity index is 1220. The van der Waals surface area contributed by atoms with Gasteiger partial charge in [0.2, 0.25) is 16.0 Å². The number of rotatable bonds is 4. The monoisotopic (exact) mass is 474 g/mol. The van der Waals surface area contributed by atoms with Gasteiger partial charge in [0.1, 0.15) is 24.0 Å². The summed E-state index contributed by atoms with van der Waals surface area (Å²) in [5.74, 6) is -0.136. The second-order valence-corrected chi connectivity index (χ2v) is 11.3. The maximum absolute atomic E-state index is 14.4. The number of amidine groups is 1. The molecule has 1 spiro atoms. The molecule has 2 N–H and O–H groups in total. The number of aliphatic imine (C=N–C) groups is 1. The number of hydrogen-bond acceptors (Lipinski definition) is 7. The molecule has 0 aliphatic carbocycles. The van der Waals surface area contributed by atoms with Crippen LogP contribution in [-0.2, 0) is 20.3 Å². The molecule has 4 heterocycles. The number of piperidine rings is 1. The molecule has 8 nitrogen and oxygen atoms in total. The molecular formula is C23H27FN4O4S. The summed E-state index contributed by atoms with van der Waals surface area (Å²) in [7, 11) is -3.43. The van der Waals surface area contributed by atoms with Gasteiger partial charge in [-0.05, 0) is 42.2 Å². The van der Waals surface area contributed by atoms with Crippen LogP contribution in [0.5, 0.6) is 5.75 Å². The fourth-order valence-corrected chi connectivity index (χ4v) is 6.98. The van der Waals surface area contributed by atoms with Gasteiger partial charge >= 0.3 is 0 Å². The molecule has 33 heavy (non-hydrogen) atoms. The maximum Gasteiger partial charge on any atom is 0.283 e. The van der Waals surface area contributed by atoms with E-state index in [4.69, 9.17) is 20.2 Å². The summed E-state index contributed by atoms with van der Waals surface area (Å²) in [6.45, 7) is 4.60. The summed E-state index contributed by atoms with van der Waals surface area (Å²) in [5.41, 5.74) is 6.75. The predicted octanol–water partition coefficient (Wildman–Crippen LogP) is 2.50. The lowest BCUT2D eigenvalue weighted by Crippen LogP contribution is -2.58. The number of ether oxygens (including phenoxy) is 2. The molecule has 10 heteroatoms. The lowest BCUT2D eigenvalue weighted by atomic mass is 9.71. The Balaban J connectivity index is 1.59. The van der Waals surface area contributed by atoms with E-state index in [1.165, 1.54) is 6.20 Å². The molecule has 0 amide bonds. The molecule has 0 radical (unpaired) electrons. The van der Waals surface area contributed by atoms with Gasteiger partial charge in [-0.25, -0.2) is 22.7 Å². The fourth-order valence-electron chi connectivity index (χ4n) is 5.16. The Hall–Kier alpha value is -2.72. The Morgan fingerprint density at radius 3 is 2.85 bits per heavy atom. The van der Waals surface area contributed by atoms with Crippen molar-refractivity contribution in [2.45, 2.75) is 31.9 Å². The highest BCUT2D eigenvalue weighted by Crippen LogP contribution is 2.51. The summed E-state index contributed by atoms with van der Waals surface area (Å²) < 4.78 is 53.9. The lowest BCUT2D eigenvalue weighted by Gasteiger charge is -2.48. The summed E-state index contributed by atoms with van der Waals surface area (Å²) >= 11 is 0. The van der Waals surface area contributed by atoms with E-state index in [-0.39, 0.29) is 42.9 Å². The predicted molar refractivity (Wildman–Crippen MR) is 122 cm³/mol. The van der Waals surface area contributed by atoms with E-state index < -0.39 is 21.5 Å². The standard InChI is InChI=1S/C23H27FN4O4S/c1-14(2)12-33(29,30)28-9-7-20-18(11-28)23(13-31-22(25)27-23)17-10-15(5-6-19(17)32-20)16-4-3-8-26-21(16)24/h3-6,8,10,14,18,20H,7,9,11-13H2,1-2H3,(H2,25,27)/t18-,20-,23-/m0/s1.